The number of nitrogens with one attached hydrogen (secondary N) is 2. The standard InChI is InChI=1S/C26H36NP.C25H31N3O3.C20H23N3O.C16H14BrNO.C10H19NO2/c1-27(2)25-19-11-9-17-23(25)24-18-10-12-20-26(24)28(21-13-5-3-6-14-21)22-15-7-4-8-16-22;1-17-7-5-6-8-21(17)23(29)28-14-11-18-15-20(9-10-22(18)28)27-13-12-19(16-27)26-24(30)31-25(2,3)4;1-14-4-2-3-5-18(14)20(24)23-11-8-15-12-17(6-7-19(15)23)22-10-9-16(21)13-22;1-11-4-2-3-5-14(11)16(19)18-9-8-12-10-13(17)6-7-15(12)18;1-10(2,3)13-9(12)6-8-4-5-11-7-8/h9-12,17-22H,3-8,13-16H2,1-2H3;5-10,15,19H,11-14,16H2,1-4H3,(H,26,30);2-7,12,16H,8-11,13,21H2,1H3;2-7,10H,8-9H2,1H3;8,11H,4-7H2,1-3H3. The largest absolute Gasteiger partial charge is 0.460 e. The lowest BCUT2D eigenvalue weighted by Crippen LogP contribution is -2.40. The van der Waals surface area contributed by atoms with Gasteiger partial charge in [0, 0.05) is 133 Å². The molecule has 3 unspecified atom stereocenters. The SMILES string of the molecule is CC(C)(C)OC(=O)CC1CCNC1.CN(C)c1ccccc1-c1ccccc1P(C1CCCCC1)C1CCCCC1.Cc1ccccc1C(=O)N1CCc2cc(Br)ccc21.Cc1ccccc1C(=O)N1CCc2cc(N3CCC(N)C3)ccc21.Cc1ccccc1C(=O)N1CCc2cc(N3CCC(NC(=O)OC(C)(C)C)C3)ccc21. The van der Waals surface area contributed by atoms with Crippen LogP contribution in [0.2, 0.25) is 0 Å². The molecule has 0 bridgehead atoms. The first-order chi connectivity index (χ1) is 55.2. The van der Waals surface area contributed by atoms with Crippen molar-refractivity contribution in [1.82, 2.24) is 10.6 Å². The van der Waals surface area contributed by atoms with Crippen LogP contribution < -0.4 is 51.1 Å². The molecule has 3 saturated heterocycles. The molecule has 2 aliphatic carbocycles. The molecule has 4 amide bonds. The minimum Gasteiger partial charge on any atom is -0.460 e. The van der Waals surface area contributed by atoms with E-state index in [9.17, 15) is 24.0 Å². The number of anilines is 6. The minimum absolute atomic E-state index is 0.0624. The second-order valence-corrected chi connectivity index (χ2v) is 38.3. The van der Waals surface area contributed by atoms with Crippen molar-refractivity contribution < 1.29 is 33.4 Å². The molecule has 18 heteroatoms. The number of nitrogens with two attached hydrogens (primary N) is 1. The van der Waals surface area contributed by atoms with E-state index in [1.165, 1.54) is 103 Å². The summed E-state index contributed by atoms with van der Waals surface area (Å²) in [5, 5.41) is 7.91. The fraction of sp³-hybridized carbons (Fsp3) is 0.454. The van der Waals surface area contributed by atoms with Crippen molar-refractivity contribution in [3.63, 3.8) is 0 Å². The smallest absolute Gasteiger partial charge is 0.407 e. The first kappa shape index (κ1) is 85.5. The van der Waals surface area contributed by atoms with Crippen molar-refractivity contribution in [1.29, 1.82) is 0 Å². The first-order valence-electron chi connectivity index (χ1n) is 42.2. The van der Waals surface area contributed by atoms with E-state index in [-0.39, 0.29) is 55.4 Å². The Kier molecular flexibility index (Phi) is 29.3. The number of alkyl carbamates (subject to hydrolysis) is 1. The van der Waals surface area contributed by atoms with E-state index in [4.69, 9.17) is 15.2 Å². The van der Waals surface area contributed by atoms with Crippen molar-refractivity contribution in [2.24, 2.45) is 11.7 Å². The molecule has 4 N–H and O–H groups in total. The van der Waals surface area contributed by atoms with Gasteiger partial charge in [0.1, 0.15) is 11.2 Å². The molecule has 0 spiro atoms. The van der Waals surface area contributed by atoms with Crippen LogP contribution in [-0.4, -0.2) is 137 Å². The van der Waals surface area contributed by atoms with Crippen LogP contribution in [0.3, 0.4) is 0 Å². The highest BCUT2D eigenvalue weighted by Gasteiger charge is 2.36. The Morgan fingerprint density at radius 1 is 0.504 bits per heavy atom. The Morgan fingerprint density at radius 2 is 0.948 bits per heavy atom. The molecule has 8 aromatic carbocycles. The molecule has 2 saturated carbocycles. The van der Waals surface area contributed by atoms with Crippen LogP contribution in [0.1, 0.15) is 196 Å². The molecule has 610 valence electrons. The van der Waals surface area contributed by atoms with E-state index in [1.54, 1.807) is 5.30 Å². The number of rotatable bonds is 13. The minimum atomic E-state index is -0.496. The summed E-state index contributed by atoms with van der Waals surface area (Å²) in [5.41, 5.74) is 25.9. The number of fused-ring (bicyclic) bond motifs is 3. The zero-order chi connectivity index (χ0) is 81.5. The van der Waals surface area contributed by atoms with Crippen molar-refractivity contribution in [2.45, 2.75) is 206 Å². The summed E-state index contributed by atoms with van der Waals surface area (Å²) in [6.45, 7) is 25.0. The second-order valence-electron chi connectivity index (χ2n) is 34.6. The van der Waals surface area contributed by atoms with Crippen LogP contribution >= 0.6 is 23.9 Å². The Hall–Kier alpha value is -8.86. The third-order valence-electron chi connectivity index (χ3n) is 23.4. The van der Waals surface area contributed by atoms with Crippen molar-refractivity contribution in [2.75, 3.05) is 102 Å². The van der Waals surface area contributed by atoms with Gasteiger partial charge in [-0.25, -0.2) is 4.79 Å². The summed E-state index contributed by atoms with van der Waals surface area (Å²) in [7, 11) is 4.26. The topological polar surface area (TPSA) is 173 Å². The Labute approximate surface area is 694 Å². The van der Waals surface area contributed by atoms with Gasteiger partial charge in [-0.15, -0.1) is 0 Å². The lowest BCUT2D eigenvalue weighted by atomic mass is 9.99. The molecule has 3 atom stereocenters. The van der Waals surface area contributed by atoms with E-state index in [1.807, 2.05) is 162 Å². The number of ether oxygens (including phenoxy) is 2. The predicted molar refractivity (Wildman–Crippen MR) is 479 cm³/mol. The zero-order valence-electron chi connectivity index (χ0n) is 70.0. The first-order valence-corrected chi connectivity index (χ1v) is 44.5. The summed E-state index contributed by atoms with van der Waals surface area (Å²) < 4.78 is 11.7. The molecule has 5 fully saturated rings. The molecule has 0 aromatic heterocycles. The van der Waals surface area contributed by atoms with Gasteiger partial charge in [-0.05, 0) is 280 Å². The van der Waals surface area contributed by atoms with Gasteiger partial charge >= 0.3 is 12.1 Å². The number of nitrogens with zero attached hydrogens (tertiary/aromatic N) is 6. The molecular formula is C97H123BrN9O7P. The van der Waals surface area contributed by atoms with Crippen LogP contribution in [0.25, 0.3) is 11.1 Å². The Morgan fingerprint density at radius 3 is 1.41 bits per heavy atom. The molecule has 0 radical (unpaired) electrons. The molecule has 8 aromatic rings. The number of benzene rings is 8. The number of aryl methyl sites for hydroxylation is 3. The van der Waals surface area contributed by atoms with Crippen molar-refractivity contribution >= 4 is 93.1 Å². The average molecular weight is 1640 g/mol. The fourth-order valence-electron chi connectivity index (χ4n) is 17.6. The normalized spacial score (nSPS) is 18.5. The van der Waals surface area contributed by atoms with Crippen molar-refractivity contribution in [3.05, 3.63) is 230 Å². The summed E-state index contributed by atoms with van der Waals surface area (Å²) in [5.74, 6) is 0.672. The molecule has 6 aliphatic heterocycles. The molecule has 16 nitrogen and oxygen atoms in total. The monoisotopic (exact) mass is 1640 g/mol. The summed E-state index contributed by atoms with van der Waals surface area (Å²) in [4.78, 5) is 74.6. The van der Waals surface area contributed by atoms with Gasteiger partial charge in [0.15, 0.2) is 0 Å². The molecule has 6 heterocycles. The van der Waals surface area contributed by atoms with Crippen molar-refractivity contribution in [3.8, 4) is 11.1 Å². The number of halogens is 1. The maximum absolute atomic E-state index is 13.1. The van der Waals surface area contributed by atoms with E-state index in [0.29, 0.717) is 18.9 Å². The van der Waals surface area contributed by atoms with Crippen LogP contribution in [0.5, 0.6) is 0 Å². The summed E-state index contributed by atoms with van der Waals surface area (Å²) in [6, 6.07) is 61.0. The molecular weight excluding hydrogens is 1510 g/mol. The van der Waals surface area contributed by atoms with Crippen LogP contribution in [0.4, 0.5) is 38.9 Å². The van der Waals surface area contributed by atoms with Gasteiger partial charge in [-0.3, -0.25) is 19.2 Å². The number of hydrogen-bond acceptors (Lipinski definition) is 12. The quantitative estimate of drug-likeness (QED) is 0.0738. The van der Waals surface area contributed by atoms with Gasteiger partial charge in [0.2, 0.25) is 0 Å². The third kappa shape index (κ3) is 22.5. The number of esters is 1. The van der Waals surface area contributed by atoms with E-state index < -0.39 is 5.60 Å². The highest BCUT2D eigenvalue weighted by molar-refractivity contribution is 9.10. The van der Waals surface area contributed by atoms with Gasteiger partial charge in [-0.1, -0.05) is 159 Å². The van der Waals surface area contributed by atoms with Gasteiger partial charge < -0.3 is 55.2 Å². The number of carbonyl (C=O) groups is 5. The maximum Gasteiger partial charge on any atom is 0.407 e. The maximum atomic E-state index is 13.1. The lowest BCUT2D eigenvalue weighted by Gasteiger charge is -2.39. The third-order valence-corrected chi connectivity index (χ3v) is 27.5. The van der Waals surface area contributed by atoms with E-state index >= 15 is 0 Å². The number of carbonyl (C=O) groups excluding carboxylic acids is 5. The fourth-order valence-corrected chi connectivity index (χ4v) is 22.0. The second kappa shape index (κ2) is 39.4. The predicted octanol–water partition coefficient (Wildman–Crippen LogP) is 19.5. The number of hydrogen-bond donors (Lipinski definition) is 3. The molecule has 115 heavy (non-hydrogen) atoms. The highest BCUT2D eigenvalue weighted by Crippen LogP contribution is 2.57. The Bertz CT molecular complexity index is 4650. The van der Waals surface area contributed by atoms with Gasteiger partial charge in [0.05, 0.1) is 6.04 Å². The highest BCUT2D eigenvalue weighted by atomic mass is 79.9. The molecule has 8 aliphatic rings. The Balaban J connectivity index is 0.000000136. The number of amides is 4. The van der Waals surface area contributed by atoms with Gasteiger partial charge in [0.25, 0.3) is 17.7 Å². The van der Waals surface area contributed by atoms with E-state index in [0.717, 1.165) is 163 Å². The number of para-hydroxylation sites is 1. The molecule has 16 rings (SSSR count). The van der Waals surface area contributed by atoms with Gasteiger partial charge in [-0.2, -0.15) is 0 Å². The van der Waals surface area contributed by atoms with E-state index in [2.05, 4.69) is 146 Å². The summed E-state index contributed by atoms with van der Waals surface area (Å²) in [6.07, 6.45) is 20.5. The van der Waals surface area contributed by atoms with Crippen LogP contribution in [0, 0.1) is 26.7 Å². The lowest BCUT2D eigenvalue weighted by molar-refractivity contribution is -0.155. The summed E-state index contributed by atoms with van der Waals surface area (Å²) >= 11 is 3.47. The zero-order valence-corrected chi connectivity index (χ0v) is 72.4. The van der Waals surface area contributed by atoms with Crippen LogP contribution in [0.15, 0.2) is 180 Å². The average Bonchev–Trinajstić information content (AvgIpc) is 1.64. The van der Waals surface area contributed by atoms with Crippen LogP contribution in [-0.2, 0) is 33.5 Å².